The first kappa shape index (κ1) is 22.8. The smallest absolute Gasteiger partial charge is 0.374 e. The van der Waals surface area contributed by atoms with Gasteiger partial charge in [0.25, 0.3) is 5.52 Å². The number of fused-ring (bicyclic) bond motifs is 2. The lowest BCUT2D eigenvalue weighted by molar-refractivity contribution is -0.890. The Morgan fingerprint density at radius 2 is 1.70 bits per heavy atom. The first-order valence-electron chi connectivity index (χ1n) is 11.5. The zero-order valence-electron chi connectivity index (χ0n) is 20.2. The summed E-state index contributed by atoms with van der Waals surface area (Å²) >= 11 is 0. The summed E-state index contributed by atoms with van der Waals surface area (Å²) < 4.78 is 14.8. The summed E-state index contributed by atoms with van der Waals surface area (Å²) in [6, 6.07) is 15.9. The van der Waals surface area contributed by atoms with Gasteiger partial charge in [-0.2, -0.15) is 4.57 Å². The predicted molar refractivity (Wildman–Crippen MR) is 134 cm³/mol. The number of likely N-dealkylation sites (N-methyl/N-ethyl adjacent to an activating group) is 1. The van der Waals surface area contributed by atoms with Gasteiger partial charge in [0.05, 0.1) is 32.8 Å². The molecular weight excluding hydrogens is 414 g/mol. The van der Waals surface area contributed by atoms with Crippen molar-refractivity contribution in [1.29, 1.82) is 0 Å². The van der Waals surface area contributed by atoms with Crippen molar-refractivity contribution in [2.75, 3.05) is 45.7 Å². The largest absolute Gasteiger partial charge is 0.422 e. The molecule has 0 atom stereocenters. The molecule has 4 aromatic rings. The summed E-state index contributed by atoms with van der Waals surface area (Å²) in [5.74, 6) is 0.709. The van der Waals surface area contributed by atoms with Crippen LogP contribution in [0.2, 0.25) is 0 Å². The number of para-hydroxylation sites is 2. The van der Waals surface area contributed by atoms with Crippen LogP contribution in [0.15, 0.2) is 62.2 Å². The van der Waals surface area contributed by atoms with Crippen LogP contribution in [0.5, 0.6) is 0 Å². The molecule has 0 aliphatic rings. The molecule has 0 aliphatic carbocycles. The van der Waals surface area contributed by atoms with Gasteiger partial charge in [0.15, 0.2) is 0 Å². The van der Waals surface area contributed by atoms with E-state index in [1.54, 1.807) is 6.08 Å². The lowest BCUT2D eigenvalue weighted by atomic mass is 10.1. The van der Waals surface area contributed by atoms with Crippen LogP contribution in [0.3, 0.4) is 0 Å². The molecule has 172 valence electrons. The quantitative estimate of drug-likeness (QED) is 0.226. The third-order valence-corrected chi connectivity index (χ3v) is 5.91. The highest BCUT2D eigenvalue weighted by Crippen LogP contribution is 2.22. The molecular formula is C27H33N3O3+2. The number of oxazole rings is 1. The van der Waals surface area contributed by atoms with Crippen LogP contribution in [-0.2, 0) is 6.54 Å². The number of quaternary nitrogens is 1. The maximum atomic E-state index is 12.7. The van der Waals surface area contributed by atoms with E-state index < -0.39 is 0 Å². The molecule has 0 unspecified atom stereocenters. The zero-order chi connectivity index (χ0) is 23.6. The molecule has 33 heavy (non-hydrogen) atoms. The highest BCUT2D eigenvalue weighted by atomic mass is 16.4. The van der Waals surface area contributed by atoms with Gasteiger partial charge in [-0.05, 0) is 44.2 Å². The zero-order valence-corrected chi connectivity index (χ0v) is 20.2. The number of aromatic nitrogens is 1. The molecule has 0 N–H and O–H groups in total. The SMILES string of the molecule is CCN(CC)c1ccc2cc(/C=C/c3oc4ccccc4[n+]3CC[N+](C)(C)C)c(=O)oc2c1. The molecule has 6 nitrogen and oxygen atoms in total. The molecule has 6 heteroatoms. The fraction of sp³-hybridized carbons (Fsp3) is 0.333. The molecule has 0 saturated heterocycles. The van der Waals surface area contributed by atoms with Gasteiger partial charge >= 0.3 is 11.5 Å². The summed E-state index contributed by atoms with van der Waals surface area (Å²) in [6.07, 6.45) is 3.64. The minimum atomic E-state index is -0.357. The van der Waals surface area contributed by atoms with Crippen LogP contribution < -0.4 is 15.1 Å². The van der Waals surface area contributed by atoms with Crippen LogP contribution >= 0.6 is 0 Å². The van der Waals surface area contributed by atoms with Crippen molar-refractivity contribution < 1.29 is 17.9 Å². The maximum Gasteiger partial charge on any atom is 0.374 e. The average Bonchev–Trinajstić information content (AvgIpc) is 3.14. The molecule has 2 aromatic carbocycles. The molecule has 0 spiro atoms. The van der Waals surface area contributed by atoms with Gasteiger partial charge in [0, 0.05) is 36.3 Å². The second kappa shape index (κ2) is 9.24. The predicted octanol–water partition coefficient (Wildman–Crippen LogP) is 4.55. The topological polar surface area (TPSA) is 50.5 Å². The normalized spacial score (nSPS) is 12.3. The second-order valence-electron chi connectivity index (χ2n) is 9.29. The Labute approximate surface area is 194 Å². The molecule has 0 aliphatic heterocycles. The van der Waals surface area contributed by atoms with E-state index in [9.17, 15) is 4.79 Å². The average molecular weight is 448 g/mol. The summed E-state index contributed by atoms with van der Waals surface area (Å²) in [5.41, 5.74) is 3.66. The minimum absolute atomic E-state index is 0.357. The number of rotatable bonds is 8. The van der Waals surface area contributed by atoms with E-state index in [0.717, 1.165) is 52.8 Å². The molecule has 0 bridgehead atoms. The van der Waals surface area contributed by atoms with E-state index in [0.29, 0.717) is 17.0 Å². The maximum absolute atomic E-state index is 12.7. The van der Waals surface area contributed by atoms with Gasteiger partial charge in [-0.1, -0.05) is 12.1 Å². The Bertz CT molecular complexity index is 1350. The van der Waals surface area contributed by atoms with Crippen LogP contribution in [0.4, 0.5) is 5.69 Å². The van der Waals surface area contributed by atoms with E-state index in [1.165, 1.54) is 0 Å². The standard InChI is InChI=1S/C27H33N3O3/c1-6-28(7-2)22-14-12-20-18-21(27(31)33-25(20)19-22)13-15-26-29(16-17-30(3,4)5)23-10-8-9-11-24(23)32-26/h8-15,18-19H,6-7,16-17H2,1-5H3/q+2. The second-order valence-corrected chi connectivity index (χ2v) is 9.29. The highest BCUT2D eigenvalue weighted by Gasteiger charge is 2.23. The van der Waals surface area contributed by atoms with Crippen LogP contribution in [0, 0.1) is 0 Å². The Balaban J connectivity index is 1.70. The van der Waals surface area contributed by atoms with Gasteiger partial charge in [-0.25, -0.2) is 4.79 Å². The van der Waals surface area contributed by atoms with Crippen molar-refractivity contribution in [3.8, 4) is 0 Å². The Hall–Kier alpha value is -3.38. The van der Waals surface area contributed by atoms with Gasteiger partial charge < -0.3 is 18.2 Å². The fourth-order valence-electron chi connectivity index (χ4n) is 3.99. The van der Waals surface area contributed by atoms with Crippen molar-refractivity contribution >= 4 is 39.9 Å². The van der Waals surface area contributed by atoms with Crippen molar-refractivity contribution in [3.63, 3.8) is 0 Å². The van der Waals surface area contributed by atoms with Crippen LogP contribution in [0.25, 0.3) is 34.2 Å². The van der Waals surface area contributed by atoms with Gasteiger partial charge in [0.1, 0.15) is 12.1 Å². The van der Waals surface area contributed by atoms with Crippen LogP contribution in [0.1, 0.15) is 25.3 Å². The van der Waals surface area contributed by atoms with Crippen LogP contribution in [-0.4, -0.2) is 45.3 Å². The van der Waals surface area contributed by atoms with Crippen molar-refractivity contribution in [2.45, 2.75) is 20.4 Å². The fourth-order valence-corrected chi connectivity index (χ4v) is 3.99. The number of benzene rings is 2. The molecule has 0 amide bonds. The van der Waals surface area contributed by atoms with E-state index in [2.05, 4.69) is 56.6 Å². The molecule has 0 radical (unpaired) electrons. The van der Waals surface area contributed by atoms with Crippen molar-refractivity contribution in [2.24, 2.45) is 0 Å². The number of anilines is 1. The van der Waals surface area contributed by atoms with Crippen molar-refractivity contribution in [3.05, 3.63) is 70.4 Å². The van der Waals surface area contributed by atoms with E-state index in [-0.39, 0.29) is 5.63 Å². The van der Waals surface area contributed by atoms with Gasteiger partial charge in [-0.3, -0.25) is 0 Å². The lowest BCUT2D eigenvalue weighted by Crippen LogP contribution is -2.46. The summed E-state index contributed by atoms with van der Waals surface area (Å²) in [6.45, 7) is 7.78. The number of hydrogen-bond acceptors (Lipinski definition) is 4. The Morgan fingerprint density at radius 3 is 2.42 bits per heavy atom. The summed E-state index contributed by atoms with van der Waals surface area (Å²) in [4.78, 5) is 14.9. The monoisotopic (exact) mass is 447 g/mol. The Kier molecular flexibility index (Phi) is 6.38. The van der Waals surface area contributed by atoms with E-state index in [4.69, 9.17) is 8.83 Å². The molecule has 2 aromatic heterocycles. The Morgan fingerprint density at radius 1 is 0.939 bits per heavy atom. The molecule has 4 rings (SSSR count). The van der Waals surface area contributed by atoms with E-state index >= 15 is 0 Å². The molecule has 2 heterocycles. The summed E-state index contributed by atoms with van der Waals surface area (Å²) in [5, 5.41) is 0.896. The first-order chi connectivity index (χ1) is 15.8. The first-order valence-corrected chi connectivity index (χ1v) is 11.5. The third kappa shape index (κ3) is 5.01. The third-order valence-electron chi connectivity index (χ3n) is 5.91. The molecule has 0 saturated carbocycles. The number of hydrogen-bond donors (Lipinski definition) is 0. The van der Waals surface area contributed by atoms with Gasteiger partial charge in [0.2, 0.25) is 12.1 Å². The van der Waals surface area contributed by atoms with Gasteiger partial charge in [-0.15, -0.1) is 0 Å². The lowest BCUT2D eigenvalue weighted by Gasteiger charge is -2.21. The summed E-state index contributed by atoms with van der Waals surface area (Å²) in [7, 11) is 6.51. The van der Waals surface area contributed by atoms with Crippen molar-refractivity contribution in [1.82, 2.24) is 0 Å². The number of nitrogens with zero attached hydrogens (tertiary/aromatic N) is 3. The minimum Gasteiger partial charge on any atom is -0.422 e. The van der Waals surface area contributed by atoms with E-state index in [1.807, 2.05) is 42.5 Å². The molecule has 0 fully saturated rings. The highest BCUT2D eigenvalue weighted by molar-refractivity contribution is 5.83.